The third kappa shape index (κ3) is 5.30. The Balaban J connectivity index is 2.57. The number of ketones is 1. The van der Waals surface area contributed by atoms with Crippen molar-refractivity contribution in [2.45, 2.75) is 26.7 Å². The molecule has 0 atom stereocenters. The fraction of sp³-hybridized carbons (Fsp3) is 0.429. The molecule has 0 aliphatic heterocycles. The van der Waals surface area contributed by atoms with E-state index in [0.717, 1.165) is 12.8 Å². The Morgan fingerprint density at radius 2 is 2.05 bits per heavy atom. The van der Waals surface area contributed by atoms with Gasteiger partial charge in [0.25, 0.3) is 0 Å². The Bertz CT molecular complexity index is 457. The van der Waals surface area contributed by atoms with Crippen molar-refractivity contribution in [1.82, 2.24) is 0 Å². The summed E-state index contributed by atoms with van der Waals surface area (Å²) in [7, 11) is 0. The van der Waals surface area contributed by atoms with Crippen LogP contribution in [0.3, 0.4) is 0 Å². The number of unbranched alkanes of at least 4 members (excludes halogenated alkanes) is 1. The minimum atomic E-state index is -0.446. The summed E-state index contributed by atoms with van der Waals surface area (Å²) in [5.74, 6) is -0.279. The van der Waals surface area contributed by atoms with E-state index in [9.17, 15) is 9.59 Å². The third-order valence-electron chi connectivity index (χ3n) is 2.43. The van der Waals surface area contributed by atoms with Crippen molar-refractivity contribution in [2.24, 2.45) is 0 Å². The Labute approximate surface area is 117 Å². The van der Waals surface area contributed by atoms with Gasteiger partial charge in [0.05, 0.1) is 12.2 Å². The molecular formula is C14H17ClO4. The number of Topliss-reactive ketones (excluding diaryl/α,β-unsaturated/α-hetero) is 1. The molecule has 1 rings (SSSR count). The van der Waals surface area contributed by atoms with Crippen molar-refractivity contribution in [3.8, 4) is 5.75 Å². The van der Waals surface area contributed by atoms with E-state index >= 15 is 0 Å². The molecule has 4 nitrogen and oxygen atoms in total. The molecule has 0 heterocycles. The molecule has 0 unspecified atom stereocenters. The van der Waals surface area contributed by atoms with Gasteiger partial charge in [-0.15, -0.1) is 0 Å². The number of rotatable bonds is 7. The second-order valence-corrected chi connectivity index (χ2v) is 4.50. The first-order valence-corrected chi connectivity index (χ1v) is 6.51. The summed E-state index contributed by atoms with van der Waals surface area (Å²) >= 11 is 5.81. The molecule has 1 aromatic carbocycles. The second kappa shape index (κ2) is 7.79. The van der Waals surface area contributed by atoms with Gasteiger partial charge in [-0.2, -0.15) is 0 Å². The highest BCUT2D eigenvalue weighted by Crippen LogP contribution is 2.23. The quantitative estimate of drug-likeness (QED) is 0.438. The maximum absolute atomic E-state index is 11.4. The molecule has 0 fully saturated rings. The van der Waals surface area contributed by atoms with Gasteiger partial charge in [-0.25, -0.2) is 4.79 Å². The first-order valence-electron chi connectivity index (χ1n) is 6.13. The van der Waals surface area contributed by atoms with Crippen LogP contribution in [0.1, 0.15) is 37.0 Å². The number of carbonyl (C=O) groups excluding carboxylic acids is 2. The molecule has 104 valence electrons. The largest absolute Gasteiger partial charge is 0.481 e. The highest BCUT2D eigenvalue weighted by Gasteiger charge is 2.11. The standard InChI is InChI=1S/C14H17ClO4/c1-3-4-7-18-14(17)9-19-13-6-5-11(15)8-12(13)10(2)16/h5-6,8H,3-4,7,9H2,1-2H3. The van der Waals surface area contributed by atoms with Gasteiger partial charge in [-0.05, 0) is 31.5 Å². The van der Waals surface area contributed by atoms with Gasteiger partial charge in [0.2, 0.25) is 0 Å². The predicted molar refractivity (Wildman–Crippen MR) is 72.8 cm³/mol. The van der Waals surface area contributed by atoms with Crippen LogP contribution in [0.5, 0.6) is 5.75 Å². The van der Waals surface area contributed by atoms with Crippen LogP contribution >= 0.6 is 11.6 Å². The summed E-state index contributed by atoms with van der Waals surface area (Å²) in [6.07, 6.45) is 1.78. The highest BCUT2D eigenvalue weighted by atomic mass is 35.5. The third-order valence-corrected chi connectivity index (χ3v) is 2.66. The van der Waals surface area contributed by atoms with Crippen molar-refractivity contribution in [1.29, 1.82) is 0 Å². The summed E-state index contributed by atoms with van der Waals surface area (Å²) < 4.78 is 10.2. The SMILES string of the molecule is CCCCOC(=O)COc1ccc(Cl)cc1C(C)=O. The summed E-state index contributed by atoms with van der Waals surface area (Å²) in [5.41, 5.74) is 0.355. The zero-order valence-corrected chi connectivity index (χ0v) is 11.8. The van der Waals surface area contributed by atoms with E-state index in [-0.39, 0.29) is 12.4 Å². The number of hydrogen-bond donors (Lipinski definition) is 0. The van der Waals surface area contributed by atoms with E-state index in [4.69, 9.17) is 21.1 Å². The molecule has 5 heteroatoms. The molecular weight excluding hydrogens is 268 g/mol. The molecule has 0 bridgehead atoms. The molecule has 0 aliphatic carbocycles. The average molecular weight is 285 g/mol. The van der Waals surface area contributed by atoms with Crippen molar-refractivity contribution < 1.29 is 19.1 Å². The van der Waals surface area contributed by atoms with Crippen molar-refractivity contribution >= 4 is 23.4 Å². The molecule has 0 saturated heterocycles. The van der Waals surface area contributed by atoms with Crippen LogP contribution in [-0.2, 0) is 9.53 Å². The molecule has 0 amide bonds. The van der Waals surface area contributed by atoms with Gasteiger partial charge in [0.1, 0.15) is 5.75 Å². The number of esters is 1. The summed E-state index contributed by atoms with van der Waals surface area (Å²) in [6.45, 7) is 3.60. The summed E-state index contributed by atoms with van der Waals surface area (Å²) in [5, 5.41) is 0.447. The molecule has 19 heavy (non-hydrogen) atoms. The Kier molecular flexibility index (Phi) is 6.36. The van der Waals surface area contributed by atoms with Crippen molar-refractivity contribution in [3.63, 3.8) is 0 Å². The number of halogens is 1. The lowest BCUT2D eigenvalue weighted by Gasteiger charge is -2.10. The van der Waals surface area contributed by atoms with Crippen LogP contribution in [-0.4, -0.2) is 25.0 Å². The Morgan fingerprint density at radius 3 is 2.68 bits per heavy atom. The molecule has 1 aromatic rings. The number of ether oxygens (including phenoxy) is 2. The van der Waals surface area contributed by atoms with Gasteiger partial charge in [-0.1, -0.05) is 24.9 Å². The molecule has 0 aromatic heterocycles. The van der Waals surface area contributed by atoms with Gasteiger partial charge >= 0.3 is 5.97 Å². The van der Waals surface area contributed by atoms with Crippen LogP contribution in [0.2, 0.25) is 5.02 Å². The number of hydrogen-bond acceptors (Lipinski definition) is 4. The number of carbonyl (C=O) groups is 2. The van der Waals surface area contributed by atoms with Gasteiger partial charge in [0, 0.05) is 5.02 Å². The highest BCUT2D eigenvalue weighted by molar-refractivity contribution is 6.31. The lowest BCUT2D eigenvalue weighted by Crippen LogP contribution is -2.16. The van der Waals surface area contributed by atoms with Gasteiger partial charge in [0.15, 0.2) is 12.4 Å². The topological polar surface area (TPSA) is 52.6 Å². The minimum absolute atomic E-state index is 0.170. The Morgan fingerprint density at radius 1 is 1.32 bits per heavy atom. The van der Waals surface area contributed by atoms with Crippen molar-refractivity contribution in [2.75, 3.05) is 13.2 Å². The van der Waals surface area contributed by atoms with E-state index in [1.807, 2.05) is 6.92 Å². The Hall–Kier alpha value is -1.55. The molecule has 0 radical (unpaired) electrons. The molecule has 0 saturated carbocycles. The molecule has 0 spiro atoms. The van der Waals surface area contributed by atoms with E-state index in [1.165, 1.54) is 13.0 Å². The van der Waals surface area contributed by atoms with Gasteiger partial charge in [-0.3, -0.25) is 4.79 Å². The summed E-state index contributed by atoms with van der Waals surface area (Å²) in [6, 6.07) is 4.69. The van der Waals surface area contributed by atoms with Crippen LogP contribution in [0, 0.1) is 0 Å². The van der Waals surface area contributed by atoms with E-state index in [2.05, 4.69) is 0 Å². The minimum Gasteiger partial charge on any atom is -0.481 e. The smallest absolute Gasteiger partial charge is 0.344 e. The van der Waals surface area contributed by atoms with Gasteiger partial charge < -0.3 is 9.47 Å². The maximum atomic E-state index is 11.4. The monoisotopic (exact) mass is 284 g/mol. The summed E-state index contributed by atoms with van der Waals surface area (Å²) in [4.78, 5) is 22.8. The number of benzene rings is 1. The van der Waals surface area contributed by atoms with E-state index in [1.54, 1.807) is 12.1 Å². The van der Waals surface area contributed by atoms with Crippen LogP contribution in [0.25, 0.3) is 0 Å². The normalized spacial score (nSPS) is 10.1. The average Bonchev–Trinajstić information content (AvgIpc) is 2.37. The predicted octanol–water partition coefficient (Wildman–Crippen LogP) is 3.26. The molecule has 0 N–H and O–H groups in total. The fourth-order valence-corrected chi connectivity index (χ4v) is 1.58. The second-order valence-electron chi connectivity index (χ2n) is 4.06. The maximum Gasteiger partial charge on any atom is 0.344 e. The lowest BCUT2D eigenvalue weighted by molar-refractivity contribution is -0.146. The lowest BCUT2D eigenvalue weighted by atomic mass is 10.1. The van der Waals surface area contributed by atoms with E-state index in [0.29, 0.717) is 22.9 Å². The first kappa shape index (κ1) is 15.5. The first-order chi connectivity index (χ1) is 9.04. The zero-order valence-electron chi connectivity index (χ0n) is 11.1. The van der Waals surface area contributed by atoms with E-state index < -0.39 is 5.97 Å². The van der Waals surface area contributed by atoms with Crippen LogP contribution in [0.15, 0.2) is 18.2 Å². The van der Waals surface area contributed by atoms with Crippen LogP contribution < -0.4 is 4.74 Å². The van der Waals surface area contributed by atoms with Crippen molar-refractivity contribution in [3.05, 3.63) is 28.8 Å². The zero-order chi connectivity index (χ0) is 14.3. The molecule has 0 aliphatic rings. The fourth-order valence-electron chi connectivity index (χ4n) is 1.41. The van der Waals surface area contributed by atoms with Crippen LogP contribution in [0.4, 0.5) is 0 Å².